The minimum atomic E-state index is -3.40. The van der Waals surface area contributed by atoms with Gasteiger partial charge < -0.3 is 5.32 Å². The van der Waals surface area contributed by atoms with Crippen LogP contribution in [0.4, 0.5) is 0 Å². The Hall–Kier alpha value is -0.800. The van der Waals surface area contributed by atoms with Crippen LogP contribution in [0.25, 0.3) is 0 Å². The Morgan fingerprint density at radius 2 is 2.19 bits per heavy atom. The van der Waals surface area contributed by atoms with Gasteiger partial charge in [-0.05, 0) is 25.0 Å². The standard InChI is InChI=1S/C13H17N3O2S3/c17-21(18,16-6-5-12-14-7-8-19-12)13-4-3-11(20-13)9-15-10-1-2-10/h3-4,7-8,10,15-16H,1-2,5-6,9H2. The summed E-state index contributed by atoms with van der Waals surface area (Å²) >= 11 is 2.87. The van der Waals surface area contributed by atoms with Gasteiger partial charge in [0.1, 0.15) is 4.21 Å². The molecular formula is C13H17N3O2S3. The summed E-state index contributed by atoms with van der Waals surface area (Å²) in [6.45, 7) is 1.13. The molecule has 114 valence electrons. The van der Waals surface area contributed by atoms with Crippen molar-refractivity contribution in [1.82, 2.24) is 15.0 Å². The molecule has 0 amide bonds. The minimum Gasteiger partial charge on any atom is -0.309 e. The number of hydrogen-bond donors (Lipinski definition) is 2. The number of thiophene rings is 1. The van der Waals surface area contributed by atoms with Crippen molar-refractivity contribution in [3.8, 4) is 0 Å². The molecule has 0 aliphatic heterocycles. The zero-order chi connectivity index (χ0) is 14.7. The van der Waals surface area contributed by atoms with Gasteiger partial charge in [0.2, 0.25) is 10.0 Å². The second kappa shape index (κ2) is 6.53. The highest BCUT2D eigenvalue weighted by atomic mass is 32.2. The average molecular weight is 343 g/mol. The van der Waals surface area contributed by atoms with Gasteiger partial charge in [-0.3, -0.25) is 0 Å². The summed E-state index contributed by atoms with van der Waals surface area (Å²) < 4.78 is 27.4. The lowest BCUT2D eigenvalue weighted by atomic mass is 10.4. The van der Waals surface area contributed by atoms with E-state index in [1.807, 2.05) is 11.4 Å². The van der Waals surface area contributed by atoms with Crippen molar-refractivity contribution in [3.05, 3.63) is 33.6 Å². The molecule has 21 heavy (non-hydrogen) atoms. The van der Waals surface area contributed by atoms with E-state index < -0.39 is 10.0 Å². The molecule has 2 N–H and O–H groups in total. The lowest BCUT2D eigenvalue weighted by Crippen LogP contribution is -2.25. The van der Waals surface area contributed by atoms with Crippen LogP contribution in [0.3, 0.4) is 0 Å². The summed E-state index contributed by atoms with van der Waals surface area (Å²) in [7, 11) is -3.40. The van der Waals surface area contributed by atoms with Crippen LogP contribution in [-0.4, -0.2) is 26.0 Å². The molecule has 1 fully saturated rings. The van der Waals surface area contributed by atoms with Gasteiger partial charge in [-0.15, -0.1) is 22.7 Å². The van der Waals surface area contributed by atoms with Crippen LogP contribution in [0.5, 0.6) is 0 Å². The first-order chi connectivity index (χ1) is 10.1. The SMILES string of the molecule is O=S(=O)(NCCc1nccs1)c1ccc(CNC2CC2)s1. The summed E-state index contributed by atoms with van der Waals surface area (Å²) in [6, 6.07) is 4.19. The Kier molecular flexibility index (Phi) is 4.70. The van der Waals surface area contributed by atoms with Gasteiger partial charge in [0.05, 0.1) is 5.01 Å². The van der Waals surface area contributed by atoms with E-state index in [1.54, 1.807) is 12.3 Å². The van der Waals surface area contributed by atoms with Gasteiger partial charge in [0.15, 0.2) is 0 Å². The van der Waals surface area contributed by atoms with Gasteiger partial charge in [-0.1, -0.05) is 0 Å². The fraction of sp³-hybridized carbons (Fsp3) is 0.462. The van der Waals surface area contributed by atoms with Crippen molar-refractivity contribution in [1.29, 1.82) is 0 Å². The largest absolute Gasteiger partial charge is 0.309 e. The van der Waals surface area contributed by atoms with Crippen molar-refractivity contribution in [2.24, 2.45) is 0 Å². The quantitative estimate of drug-likeness (QED) is 0.769. The number of aromatic nitrogens is 1. The van der Waals surface area contributed by atoms with E-state index in [1.165, 1.54) is 35.5 Å². The Bertz CT molecular complexity index is 675. The van der Waals surface area contributed by atoms with Crippen LogP contribution in [0.15, 0.2) is 27.9 Å². The zero-order valence-corrected chi connectivity index (χ0v) is 13.9. The van der Waals surface area contributed by atoms with E-state index in [0.29, 0.717) is 23.2 Å². The van der Waals surface area contributed by atoms with Crippen LogP contribution in [-0.2, 0) is 23.0 Å². The smallest absolute Gasteiger partial charge is 0.250 e. The summed E-state index contributed by atoms with van der Waals surface area (Å²) in [5, 5.41) is 6.22. The van der Waals surface area contributed by atoms with Crippen LogP contribution in [0.1, 0.15) is 22.7 Å². The molecule has 0 spiro atoms. The first-order valence-corrected chi connectivity index (χ1v) is 10.0. The molecule has 0 atom stereocenters. The van der Waals surface area contributed by atoms with Gasteiger partial charge >= 0.3 is 0 Å². The summed E-state index contributed by atoms with van der Waals surface area (Å²) in [5.74, 6) is 0. The molecule has 0 saturated heterocycles. The zero-order valence-electron chi connectivity index (χ0n) is 11.4. The number of sulfonamides is 1. The van der Waals surface area contributed by atoms with Gasteiger partial charge in [-0.2, -0.15) is 0 Å². The highest BCUT2D eigenvalue weighted by Crippen LogP contribution is 2.24. The maximum Gasteiger partial charge on any atom is 0.250 e. The predicted octanol–water partition coefficient (Wildman–Crippen LogP) is 1.98. The van der Waals surface area contributed by atoms with E-state index in [9.17, 15) is 8.42 Å². The molecule has 8 heteroatoms. The van der Waals surface area contributed by atoms with Crippen molar-refractivity contribution in [2.75, 3.05) is 6.54 Å². The number of nitrogens with one attached hydrogen (secondary N) is 2. The number of rotatable bonds is 8. The third-order valence-corrected chi connectivity index (χ3v) is 7.04. The molecule has 3 rings (SSSR count). The minimum absolute atomic E-state index is 0.378. The fourth-order valence-corrected chi connectivity index (χ4v) is 4.87. The van der Waals surface area contributed by atoms with Crippen molar-refractivity contribution >= 4 is 32.7 Å². The molecule has 1 aliphatic carbocycles. The van der Waals surface area contributed by atoms with E-state index >= 15 is 0 Å². The second-order valence-electron chi connectivity index (χ2n) is 4.95. The maximum atomic E-state index is 12.2. The molecule has 1 saturated carbocycles. The summed E-state index contributed by atoms with van der Waals surface area (Å²) in [4.78, 5) is 5.20. The highest BCUT2D eigenvalue weighted by Gasteiger charge is 2.21. The number of thiazole rings is 1. The number of hydrogen-bond acceptors (Lipinski definition) is 6. The van der Waals surface area contributed by atoms with E-state index in [-0.39, 0.29) is 0 Å². The Labute approximate surface area is 132 Å². The topological polar surface area (TPSA) is 71.1 Å². The Morgan fingerprint density at radius 3 is 2.90 bits per heavy atom. The molecule has 2 aromatic rings. The lowest BCUT2D eigenvalue weighted by molar-refractivity contribution is 0.583. The normalized spacial score (nSPS) is 15.4. The summed E-state index contributed by atoms with van der Waals surface area (Å²) in [6.07, 6.45) is 4.81. The van der Waals surface area contributed by atoms with Crippen molar-refractivity contribution in [2.45, 2.75) is 36.1 Å². The lowest BCUT2D eigenvalue weighted by Gasteiger charge is -2.03. The Morgan fingerprint density at radius 1 is 1.33 bits per heavy atom. The molecule has 2 aromatic heterocycles. The third kappa shape index (κ3) is 4.33. The number of nitrogens with zero attached hydrogens (tertiary/aromatic N) is 1. The van der Waals surface area contributed by atoms with Crippen molar-refractivity contribution in [3.63, 3.8) is 0 Å². The van der Waals surface area contributed by atoms with E-state index in [4.69, 9.17) is 0 Å². The Balaban J connectivity index is 1.53. The molecule has 0 bridgehead atoms. The van der Waals surface area contributed by atoms with Gasteiger partial charge in [0, 0.05) is 42.0 Å². The average Bonchev–Trinajstić information content (AvgIpc) is 2.93. The maximum absolute atomic E-state index is 12.2. The highest BCUT2D eigenvalue weighted by molar-refractivity contribution is 7.91. The molecule has 2 heterocycles. The monoisotopic (exact) mass is 343 g/mol. The first-order valence-electron chi connectivity index (χ1n) is 6.83. The summed E-state index contributed by atoms with van der Waals surface area (Å²) in [5.41, 5.74) is 0. The van der Waals surface area contributed by atoms with E-state index in [0.717, 1.165) is 16.4 Å². The molecule has 5 nitrogen and oxygen atoms in total. The van der Waals surface area contributed by atoms with Crippen LogP contribution >= 0.6 is 22.7 Å². The molecule has 0 unspecified atom stereocenters. The molecule has 0 aromatic carbocycles. The van der Waals surface area contributed by atoms with Crippen LogP contribution in [0.2, 0.25) is 0 Å². The van der Waals surface area contributed by atoms with Crippen molar-refractivity contribution < 1.29 is 8.42 Å². The van der Waals surface area contributed by atoms with Crippen LogP contribution < -0.4 is 10.0 Å². The van der Waals surface area contributed by atoms with Gasteiger partial charge in [0.25, 0.3) is 0 Å². The second-order valence-corrected chi connectivity index (χ2v) is 9.09. The third-order valence-electron chi connectivity index (χ3n) is 3.16. The predicted molar refractivity (Wildman–Crippen MR) is 85.2 cm³/mol. The van der Waals surface area contributed by atoms with Gasteiger partial charge in [-0.25, -0.2) is 18.1 Å². The van der Waals surface area contributed by atoms with Crippen LogP contribution in [0, 0.1) is 0 Å². The fourth-order valence-electron chi connectivity index (χ4n) is 1.87. The molecule has 1 aliphatic rings. The molecular weight excluding hydrogens is 326 g/mol. The molecule has 0 radical (unpaired) electrons. The van der Waals surface area contributed by atoms with E-state index in [2.05, 4.69) is 15.0 Å². The first kappa shape index (κ1) is 15.1.